The van der Waals surface area contributed by atoms with Crippen molar-refractivity contribution in [2.45, 2.75) is 53.6 Å². The molecule has 2 N–H and O–H groups in total. The van der Waals surface area contributed by atoms with Gasteiger partial charge in [-0.2, -0.15) is 0 Å². The van der Waals surface area contributed by atoms with Crippen molar-refractivity contribution in [3.05, 3.63) is 71.4 Å². The quantitative estimate of drug-likeness (QED) is 0.624. The molecule has 1 aromatic heterocycles. The monoisotopic (exact) mass is 380 g/mol. The molecule has 3 nitrogen and oxygen atoms in total. The molecule has 0 radical (unpaired) electrons. The summed E-state index contributed by atoms with van der Waals surface area (Å²) in [7, 11) is 0. The summed E-state index contributed by atoms with van der Waals surface area (Å²) in [6.45, 7) is 12.7. The molecule has 2 atom stereocenters. The number of nitrogens with zero attached hydrogens (tertiary/aromatic N) is 1. The largest absolute Gasteiger partial charge is 0.396 e. The maximum atomic E-state index is 9.23. The second-order valence-electron chi connectivity index (χ2n) is 7.55. The number of aliphatic hydroxyl groups excluding tert-OH is 1. The molecule has 0 bridgehead atoms. The van der Waals surface area contributed by atoms with Crippen LogP contribution < -0.4 is 0 Å². The first-order valence-electron chi connectivity index (χ1n) is 10.5. The van der Waals surface area contributed by atoms with E-state index in [1.165, 1.54) is 27.7 Å². The van der Waals surface area contributed by atoms with Gasteiger partial charge in [0, 0.05) is 42.3 Å². The summed E-state index contributed by atoms with van der Waals surface area (Å²) in [6, 6.07) is 19.4. The highest BCUT2D eigenvalue weighted by atomic mass is 16.3. The summed E-state index contributed by atoms with van der Waals surface area (Å²) in [5.74, 6) is 0.341. The van der Waals surface area contributed by atoms with E-state index >= 15 is 0 Å². The van der Waals surface area contributed by atoms with Gasteiger partial charge >= 0.3 is 0 Å². The zero-order chi connectivity index (χ0) is 20.5. The van der Waals surface area contributed by atoms with E-state index in [9.17, 15) is 5.11 Å². The predicted molar refractivity (Wildman–Crippen MR) is 121 cm³/mol. The lowest BCUT2D eigenvalue weighted by atomic mass is 9.96. The maximum Gasteiger partial charge on any atom is 0.0468 e. The Morgan fingerprint density at radius 2 is 1.71 bits per heavy atom. The van der Waals surface area contributed by atoms with Crippen molar-refractivity contribution in [1.82, 2.24) is 9.88 Å². The number of aliphatic hydroxyl groups is 1. The van der Waals surface area contributed by atoms with Crippen LogP contribution in [0.15, 0.2) is 54.6 Å². The van der Waals surface area contributed by atoms with E-state index < -0.39 is 0 Å². The van der Waals surface area contributed by atoms with E-state index in [0.29, 0.717) is 12.0 Å². The normalized spacial score (nSPS) is 17.0. The number of para-hydroxylation sites is 1. The average Bonchev–Trinajstić information content (AvgIpc) is 3.08. The Bertz CT molecular complexity index is 825. The number of fused-ring (bicyclic) bond motifs is 3. The lowest BCUT2D eigenvalue weighted by Gasteiger charge is -2.35. The summed E-state index contributed by atoms with van der Waals surface area (Å²) < 4.78 is 0. The highest BCUT2D eigenvalue weighted by molar-refractivity contribution is 5.84. The molecule has 1 aliphatic rings. The first kappa shape index (κ1) is 22.2. The molecule has 152 valence electrons. The third kappa shape index (κ3) is 5.70. The molecule has 2 heterocycles. The van der Waals surface area contributed by atoms with E-state index in [-0.39, 0.29) is 6.61 Å². The zero-order valence-corrected chi connectivity index (χ0v) is 18.1. The van der Waals surface area contributed by atoms with Crippen molar-refractivity contribution in [3.63, 3.8) is 0 Å². The lowest BCUT2D eigenvalue weighted by molar-refractivity contribution is 0.127. The minimum atomic E-state index is 0.267. The van der Waals surface area contributed by atoms with Crippen molar-refractivity contribution in [2.75, 3.05) is 13.2 Å². The third-order valence-corrected chi connectivity index (χ3v) is 5.18. The van der Waals surface area contributed by atoms with Crippen LogP contribution in [0.25, 0.3) is 10.9 Å². The minimum absolute atomic E-state index is 0.267. The topological polar surface area (TPSA) is 39.3 Å². The Kier molecular flexibility index (Phi) is 8.75. The van der Waals surface area contributed by atoms with Crippen LogP contribution in [0.3, 0.4) is 0 Å². The van der Waals surface area contributed by atoms with Gasteiger partial charge in [-0.25, -0.2) is 0 Å². The van der Waals surface area contributed by atoms with Crippen molar-refractivity contribution in [3.8, 4) is 0 Å². The summed E-state index contributed by atoms with van der Waals surface area (Å²) in [6.07, 6.45) is 1.09. The van der Waals surface area contributed by atoms with Crippen LogP contribution in [-0.2, 0) is 13.0 Å². The van der Waals surface area contributed by atoms with E-state index in [0.717, 1.165) is 19.5 Å². The highest BCUT2D eigenvalue weighted by Crippen LogP contribution is 2.30. The number of hydrogen-bond donors (Lipinski definition) is 2. The summed E-state index contributed by atoms with van der Waals surface area (Å²) in [4.78, 5) is 6.02. The fourth-order valence-corrected chi connectivity index (χ4v) is 3.64. The van der Waals surface area contributed by atoms with Crippen LogP contribution >= 0.6 is 0 Å². The van der Waals surface area contributed by atoms with E-state index in [2.05, 4.69) is 67.1 Å². The molecule has 0 saturated carbocycles. The van der Waals surface area contributed by atoms with Gasteiger partial charge in [0.05, 0.1) is 0 Å². The highest BCUT2D eigenvalue weighted by Gasteiger charge is 2.26. The molecule has 3 aromatic rings. The molecule has 3 heteroatoms. The van der Waals surface area contributed by atoms with Gasteiger partial charge in [-0.15, -0.1) is 0 Å². The smallest absolute Gasteiger partial charge is 0.0468 e. The average molecular weight is 381 g/mol. The standard InChI is InChI=1S/C16H22N2O.C7H8.C2H6/c1-11(10-19)8-18-9-16-14(7-12(18)2)13-5-3-4-6-15(13)17-16;1-7-5-3-2-4-6-7;1-2/h3-6,11-12,17,19H,7-10H2,1-2H3;2-6H,1H3;1-2H3/t11-,12-;;/m1../s1. The van der Waals surface area contributed by atoms with Gasteiger partial charge < -0.3 is 10.1 Å². The van der Waals surface area contributed by atoms with Crippen LogP contribution in [0.2, 0.25) is 0 Å². The van der Waals surface area contributed by atoms with Gasteiger partial charge in [-0.1, -0.05) is 74.9 Å². The fourth-order valence-electron chi connectivity index (χ4n) is 3.64. The van der Waals surface area contributed by atoms with Crippen LogP contribution in [0.4, 0.5) is 0 Å². The molecule has 1 aliphatic heterocycles. The molecular formula is C25H36N2O. The molecular weight excluding hydrogens is 344 g/mol. The molecule has 28 heavy (non-hydrogen) atoms. The molecule has 2 aromatic carbocycles. The summed E-state index contributed by atoms with van der Waals surface area (Å²) >= 11 is 0. The molecule has 0 amide bonds. The van der Waals surface area contributed by atoms with Crippen molar-refractivity contribution in [2.24, 2.45) is 5.92 Å². The molecule has 0 spiro atoms. The van der Waals surface area contributed by atoms with Crippen molar-refractivity contribution in [1.29, 1.82) is 0 Å². The van der Waals surface area contributed by atoms with Gasteiger partial charge in [0.25, 0.3) is 0 Å². The minimum Gasteiger partial charge on any atom is -0.396 e. The second-order valence-corrected chi connectivity index (χ2v) is 7.55. The van der Waals surface area contributed by atoms with Gasteiger partial charge in [0.15, 0.2) is 0 Å². The van der Waals surface area contributed by atoms with Gasteiger partial charge in [0.2, 0.25) is 0 Å². The van der Waals surface area contributed by atoms with E-state index in [4.69, 9.17) is 0 Å². The van der Waals surface area contributed by atoms with E-state index in [1.54, 1.807) is 0 Å². The molecule has 4 rings (SSSR count). The first-order valence-corrected chi connectivity index (χ1v) is 10.5. The Morgan fingerprint density at radius 1 is 1.07 bits per heavy atom. The lowest BCUT2D eigenvalue weighted by Crippen LogP contribution is -2.41. The summed E-state index contributed by atoms with van der Waals surface area (Å²) in [5.41, 5.74) is 5.40. The number of benzene rings is 2. The van der Waals surface area contributed by atoms with Crippen molar-refractivity contribution >= 4 is 10.9 Å². The summed E-state index contributed by atoms with van der Waals surface area (Å²) in [5, 5.41) is 10.6. The SMILES string of the molecule is CC.C[C@@H](CO)CN1Cc2[nH]c3ccccc3c2C[C@H]1C.Cc1ccccc1. The van der Waals surface area contributed by atoms with Crippen LogP contribution in [0.1, 0.15) is 44.5 Å². The number of aromatic nitrogens is 1. The van der Waals surface area contributed by atoms with Crippen LogP contribution in [-0.4, -0.2) is 34.2 Å². The van der Waals surface area contributed by atoms with Crippen LogP contribution in [0.5, 0.6) is 0 Å². The second kappa shape index (κ2) is 11.0. The Hall–Kier alpha value is -2.10. The molecule has 0 fully saturated rings. The van der Waals surface area contributed by atoms with Gasteiger partial charge in [-0.05, 0) is 37.8 Å². The maximum absolute atomic E-state index is 9.23. The zero-order valence-electron chi connectivity index (χ0n) is 18.1. The first-order chi connectivity index (χ1) is 13.6. The van der Waals surface area contributed by atoms with Gasteiger partial charge in [0.1, 0.15) is 0 Å². The molecule has 0 unspecified atom stereocenters. The number of H-pyrrole nitrogens is 1. The molecule has 0 saturated heterocycles. The number of aryl methyl sites for hydroxylation is 1. The van der Waals surface area contributed by atoms with Crippen LogP contribution in [0, 0.1) is 12.8 Å². The Balaban J connectivity index is 0.000000261. The predicted octanol–water partition coefficient (Wildman–Crippen LogP) is 5.56. The number of aromatic amines is 1. The van der Waals surface area contributed by atoms with Crippen molar-refractivity contribution < 1.29 is 5.11 Å². The Morgan fingerprint density at radius 3 is 2.32 bits per heavy atom. The number of hydrogen-bond acceptors (Lipinski definition) is 2. The third-order valence-electron chi connectivity index (χ3n) is 5.18. The Labute approximate surface area is 170 Å². The molecule has 0 aliphatic carbocycles. The number of nitrogens with one attached hydrogen (secondary N) is 1. The fraction of sp³-hybridized carbons (Fsp3) is 0.440. The number of rotatable bonds is 3. The van der Waals surface area contributed by atoms with Gasteiger partial charge in [-0.3, -0.25) is 4.90 Å². The van der Waals surface area contributed by atoms with E-state index in [1.807, 2.05) is 32.0 Å².